The standard InChI is InChI=1S/C39H37ClFN3O6S/c1-49-34-17-9-28(10-18-34)23-24-42-39(46)37(25-29-5-3-2-4-6-29)44(26-30-7-11-31(40)12-8-30)38(45)27-50-35-19-21-36(22-20-35)51(47,48)43-33-15-13-32(41)14-16-33/h2-22,37,43H,23-27H2,1H3,(H,42,46)/t37-/m1/s1. The maximum Gasteiger partial charge on any atom is 0.261 e. The third-order valence-corrected chi connectivity index (χ3v) is 9.65. The van der Waals surface area contributed by atoms with Gasteiger partial charge in [0, 0.05) is 30.2 Å². The molecule has 0 heterocycles. The number of amides is 2. The first-order chi connectivity index (χ1) is 24.6. The van der Waals surface area contributed by atoms with Crippen LogP contribution < -0.4 is 19.5 Å². The number of rotatable bonds is 16. The average Bonchev–Trinajstić information content (AvgIpc) is 3.14. The summed E-state index contributed by atoms with van der Waals surface area (Å²) >= 11 is 6.13. The van der Waals surface area contributed by atoms with Gasteiger partial charge in [0.2, 0.25) is 5.91 Å². The van der Waals surface area contributed by atoms with E-state index in [1.54, 1.807) is 31.4 Å². The first kappa shape index (κ1) is 36.9. The Kier molecular flexibility index (Phi) is 12.7. The van der Waals surface area contributed by atoms with Crippen molar-refractivity contribution < 1.29 is 31.9 Å². The van der Waals surface area contributed by atoms with E-state index in [4.69, 9.17) is 21.1 Å². The number of anilines is 1. The largest absolute Gasteiger partial charge is 0.497 e. The summed E-state index contributed by atoms with van der Waals surface area (Å²) in [5.41, 5.74) is 2.86. The molecule has 0 aliphatic carbocycles. The Morgan fingerprint density at radius 1 is 0.784 bits per heavy atom. The molecule has 51 heavy (non-hydrogen) atoms. The zero-order valence-electron chi connectivity index (χ0n) is 27.8. The van der Waals surface area contributed by atoms with Crippen molar-refractivity contribution >= 4 is 39.1 Å². The number of ether oxygens (including phenoxy) is 2. The van der Waals surface area contributed by atoms with Crippen LogP contribution in [-0.4, -0.2) is 51.4 Å². The Morgan fingerprint density at radius 2 is 1.41 bits per heavy atom. The summed E-state index contributed by atoms with van der Waals surface area (Å²) in [5, 5.41) is 3.55. The SMILES string of the molecule is COc1ccc(CCNC(=O)[C@@H](Cc2ccccc2)N(Cc2ccc(Cl)cc2)C(=O)COc2ccc(S(=O)(=O)Nc3ccc(F)cc3)cc2)cc1. The van der Waals surface area contributed by atoms with Gasteiger partial charge in [0.15, 0.2) is 6.61 Å². The molecule has 5 aromatic carbocycles. The van der Waals surface area contributed by atoms with Gasteiger partial charge >= 0.3 is 0 Å². The molecular formula is C39H37ClFN3O6S. The number of nitrogens with zero attached hydrogens (tertiary/aromatic N) is 1. The topological polar surface area (TPSA) is 114 Å². The zero-order valence-corrected chi connectivity index (χ0v) is 29.4. The van der Waals surface area contributed by atoms with Gasteiger partial charge in [0.25, 0.3) is 15.9 Å². The van der Waals surface area contributed by atoms with Crippen molar-refractivity contribution in [1.29, 1.82) is 0 Å². The molecule has 0 unspecified atom stereocenters. The highest BCUT2D eigenvalue weighted by Crippen LogP contribution is 2.21. The second-order valence-electron chi connectivity index (χ2n) is 11.6. The van der Waals surface area contributed by atoms with Crippen LogP contribution >= 0.6 is 11.6 Å². The van der Waals surface area contributed by atoms with E-state index in [1.807, 2.05) is 54.6 Å². The van der Waals surface area contributed by atoms with Crippen molar-refractivity contribution in [3.05, 3.63) is 155 Å². The molecule has 5 aromatic rings. The molecule has 0 fully saturated rings. The van der Waals surface area contributed by atoms with E-state index in [1.165, 1.54) is 41.3 Å². The summed E-state index contributed by atoms with van der Waals surface area (Å²) in [6.07, 6.45) is 0.829. The minimum atomic E-state index is -3.97. The molecule has 0 bridgehead atoms. The van der Waals surface area contributed by atoms with Crippen molar-refractivity contribution in [2.45, 2.75) is 30.3 Å². The summed E-state index contributed by atoms with van der Waals surface area (Å²) in [5.74, 6) is -0.274. The molecule has 9 nitrogen and oxygen atoms in total. The minimum absolute atomic E-state index is 0.0518. The van der Waals surface area contributed by atoms with E-state index in [0.717, 1.165) is 34.6 Å². The first-order valence-corrected chi connectivity index (χ1v) is 18.0. The Hall–Kier alpha value is -5.39. The van der Waals surface area contributed by atoms with Gasteiger partial charge in [-0.2, -0.15) is 0 Å². The highest BCUT2D eigenvalue weighted by molar-refractivity contribution is 7.92. The number of benzene rings is 5. The molecule has 264 valence electrons. The highest BCUT2D eigenvalue weighted by atomic mass is 35.5. The number of halogens is 2. The molecule has 0 aliphatic rings. The quantitative estimate of drug-likeness (QED) is 0.117. The summed E-state index contributed by atoms with van der Waals surface area (Å²) in [7, 11) is -2.37. The predicted octanol–water partition coefficient (Wildman–Crippen LogP) is 6.67. The Morgan fingerprint density at radius 3 is 2.06 bits per heavy atom. The molecule has 0 spiro atoms. The van der Waals surface area contributed by atoms with Gasteiger partial charge in [0.05, 0.1) is 12.0 Å². The fourth-order valence-electron chi connectivity index (χ4n) is 5.26. The fourth-order valence-corrected chi connectivity index (χ4v) is 6.44. The summed E-state index contributed by atoms with van der Waals surface area (Å²) < 4.78 is 52.4. The number of hydrogen-bond donors (Lipinski definition) is 2. The van der Waals surface area contributed by atoms with Crippen molar-refractivity contribution in [3.8, 4) is 11.5 Å². The van der Waals surface area contributed by atoms with Crippen LogP contribution in [0.3, 0.4) is 0 Å². The van der Waals surface area contributed by atoms with Gasteiger partial charge in [-0.15, -0.1) is 0 Å². The second-order valence-corrected chi connectivity index (χ2v) is 13.7. The molecule has 0 saturated heterocycles. The maximum atomic E-state index is 14.0. The number of carbonyl (C=O) groups excluding carboxylic acids is 2. The van der Waals surface area contributed by atoms with Crippen LogP contribution in [0.2, 0.25) is 5.02 Å². The lowest BCUT2D eigenvalue weighted by Crippen LogP contribution is -2.52. The van der Waals surface area contributed by atoms with E-state index < -0.39 is 34.4 Å². The first-order valence-electron chi connectivity index (χ1n) is 16.1. The monoisotopic (exact) mass is 729 g/mol. The van der Waals surface area contributed by atoms with Crippen molar-refractivity contribution in [3.63, 3.8) is 0 Å². The van der Waals surface area contributed by atoms with E-state index in [2.05, 4.69) is 10.0 Å². The van der Waals surface area contributed by atoms with Gasteiger partial charge in [-0.25, -0.2) is 12.8 Å². The molecule has 1 atom stereocenters. The van der Waals surface area contributed by atoms with E-state index in [9.17, 15) is 22.4 Å². The lowest BCUT2D eigenvalue weighted by atomic mass is 10.0. The number of hydrogen-bond acceptors (Lipinski definition) is 6. The fraction of sp³-hybridized carbons (Fsp3) is 0.179. The van der Waals surface area contributed by atoms with Crippen LogP contribution in [0.4, 0.5) is 10.1 Å². The summed E-state index contributed by atoms with van der Waals surface area (Å²) in [4.78, 5) is 29.3. The number of carbonyl (C=O) groups is 2. The van der Waals surface area contributed by atoms with Crippen LogP contribution in [0, 0.1) is 5.82 Å². The van der Waals surface area contributed by atoms with E-state index in [-0.39, 0.29) is 35.2 Å². The summed E-state index contributed by atoms with van der Waals surface area (Å²) in [6, 6.07) is 33.7. The third kappa shape index (κ3) is 10.8. The Labute approximate surface area is 302 Å². The lowest BCUT2D eigenvalue weighted by molar-refractivity contribution is -0.142. The van der Waals surface area contributed by atoms with Crippen LogP contribution in [0.15, 0.2) is 132 Å². The molecular weight excluding hydrogens is 693 g/mol. The molecule has 0 saturated carbocycles. The zero-order chi connectivity index (χ0) is 36.2. The molecule has 0 radical (unpaired) electrons. The van der Waals surface area contributed by atoms with Crippen LogP contribution in [0.1, 0.15) is 16.7 Å². The number of nitrogens with one attached hydrogen (secondary N) is 2. The van der Waals surface area contributed by atoms with Crippen LogP contribution in [0.25, 0.3) is 0 Å². The Balaban J connectivity index is 1.32. The molecule has 2 amide bonds. The maximum absolute atomic E-state index is 14.0. The molecule has 12 heteroatoms. The molecule has 2 N–H and O–H groups in total. The lowest BCUT2D eigenvalue weighted by Gasteiger charge is -2.31. The van der Waals surface area contributed by atoms with Crippen LogP contribution in [0.5, 0.6) is 11.5 Å². The number of methoxy groups -OCH3 is 1. The third-order valence-electron chi connectivity index (χ3n) is 8.00. The predicted molar refractivity (Wildman–Crippen MR) is 195 cm³/mol. The second kappa shape index (κ2) is 17.5. The van der Waals surface area contributed by atoms with Gasteiger partial charge in [0.1, 0.15) is 23.4 Å². The van der Waals surface area contributed by atoms with Crippen molar-refractivity contribution in [1.82, 2.24) is 10.2 Å². The van der Waals surface area contributed by atoms with Crippen molar-refractivity contribution in [2.75, 3.05) is 25.0 Å². The van der Waals surface area contributed by atoms with Gasteiger partial charge in [-0.1, -0.05) is 66.2 Å². The van der Waals surface area contributed by atoms with Gasteiger partial charge in [-0.05, 0) is 95.9 Å². The van der Waals surface area contributed by atoms with Crippen molar-refractivity contribution in [2.24, 2.45) is 0 Å². The molecule has 0 aliphatic heterocycles. The van der Waals surface area contributed by atoms with Gasteiger partial charge < -0.3 is 19.7 Å². The van der Waals surface area contributed by atoms with E-state index in [0.29, 0.717) is 18.0 Å². The normalized spacial score (nSPS) is 11.7. The van der Waals surface area contributed by atoms with Gasteiger partial charge in [-0.3, -0.25) is 14.3 Å². The van der Waals surface area contributed by atoms with E-state index >= 15 is 0 Å². The average molecular weight is 730 g/mol. The molecule has 0 aromatic heterocycles. The van der Waals surface area contributed by atoms with Crippen LogP contribution in [-0.2, 0) is 39.0 Å². The molecule has 5 rings (SSSR count). The summed E-state index contributed by atoms with van der Waals surface area (Å²) in [6.45, 7) is 0.0358. The Bertz CT molecular complexity index is 2000. The minimum Gasteiger partial charge on any atom is -0.497 e. The number of sulfonamides is 1. The smallest absolute Gasteiger partial charge is 0.261 e. The highest BCUT2D eigenvalue weighted by Gasteiger charge is 2.30.